The van der Waals surface area contributed by atoms with Crippen LogP contribution in [0.25, 0.3) is 0 Å². The predicted molar refractivity (Wildman–Crippen MR) is 79.6 cm³/mol. The third-order valence-corrected chi connectivity index (χ3v) is 4.20. The Kier molecular flexibility index (Phi) is 5.34. The van der Waals surface area contributed by atoms with Crippen LogP contribution in [0.5, 0.6) is 5.75 Å². The molecular weight excluding hydrogens is 314 g/mol. The second kappa shape index (κ2) is 6.78. The molecule has 1 aliphatic rings. The average Bonchev–Trinajstić information content (AvgIpc) is 2.81. The standard InChI is InChI=1S/C14H19BrClNO/c1-2-13(16)3-5-17-9-11-8-12(15)7-10-4-6-18-14(10)11/h7-8,13,17H,2-6,9H2,1H3. The van der Waals surface area contributed by atoms with Gasteiger partial charge >= 0.3 is 0 Å². The molecule has 0 saturated carbocycles. The van der Waals surface area contributed by atoms with Gasteiger partial charge in [0.15, 0.2) is 0 Å². The summed E-state index contributed by atoms with van der Waals surface area (Å²) in [6.07, 6.45) is 3.05. The van der Waals surface area contributed by atoms with Crippen molar-refractivity contribution in [2.24, 2.45) is 0 Å². The molecule has 4 heteroatoms. The lowest BCUT2D eigenvalue weighted by Crippen LogP contribution is -2.18. The van der Waals surface area contributed by atoms with Crippen LogP contribution in [0.3, 0.4) is 0 Å². The van der Waals surface area contributed by atoms with Crippen LogP contribution >= 0.6 is 27.5 Å². The first kappa shape index (κ1) is 14.2. The molecule has 1 unspecified atom stereocenters. The Labute approximate surface area is 122 Å². The van der Waals surface area contributed by atoms with Crippen molar-refractivity contribution in [2.45, 2.75) is 38.1 Å². The normalized spacial score (nSPS) is 15.3. The highest BCUT2D eigenvalue weighted by molar-refractivity contribution is 9.10. The minimum Gasteiger partial charge on any atom is -0.493 e. The Bertz CT molecular complexity index is 411. The lowest BCUT2D eigenvalue weighted by Gasteiger charge is -2.11. The summed E-state index contributed by atoms with van der Waals surface area (Å²) in [6.45, 7) is 4.71. The smallest absolute Gasteiger partial charge is 0.127 e. The molecule has 0 aliphatic carbocycles. The maximum absolute atomic E-state index is 6.09. The van der Waals surface area contributed by atoms with E-state index >= 15 is 0 Å². The zero-order valence-corrected chi connectivity index (χ0v) is 13.0. The molecule has 1 aromatic rings. The van der Waals surface area contributed by atoms with E-state index in [4.69, 9.17) is 16.3 Å². The SMILES string of the molecule is CCC(Cl)CCNCc1cc(Br)cc2c1OCC2. The monoisotopic (exact) mass is 331 g/mol. The van der Waals surface area contributed by atoms with Crippen molar-refractivity contribution < 1.29 is 4.74 Å². The lowest BCUT2D eigenvalue weighted by molar-refractivity contribution is 0.352. The molecular formula is C14H19BrClNO. The first-order valence-corrected chi connectivity index (χ1v) is 7.72. The molecule has 1 N–H and O–H groups in total. The van der Waals surface area contributed by atoms with E-state index < -0.39 is 0 Å². The topological polar surface area (TPSA) is 21.3 Å². The summed E-state index contributed by atoms with van der Waals surface area (Å²) in [5.41, 5.74) is 2.55. The van der Waals surface area contributed by atoms with Crippen LogP contribution in [0.4, 0.5) is 0 Å². The molecule has 1 aliphatic heterocycles. The van der Waals surface area contributed by atoms with Gasteiger partial charge in [-0.1, -0.05) is 22.9 Å². The van der Waals surface area contributed by atoms with E-state index in [9.17, 15) is 0 Å². The fourth-order valence-electron chi connectivity index (χ4n) is 2.16. The minimum absolute atomic E-state index is 0.280. The highest BCUT2D eigenvalue weighted by atomic mass is 79.9. The summed E-state index contributed by atoms with van der Waals surface area (Å²) in [7, 11) is 0. The molecule has 1 atom stereocenters. The third kappa shape index (κ3) is 3.62. The maximum atomic E-state index is 6.09. The second-order valence-electron chi connectivity index (χ2n) is 4.62. The highest BCUT2D eigenvalue weighted by Crippen LogP contribution is 2.32. The molecule has 0 spiro atoms. The van der Waals surface area contributed by atoms with Crippen molar-refractivity contribution in [2.75, 3.05) is 13.2 Å². The number of nitrogens with one attached hydrogen (secondary N) is 1. The lowest BCUT2D eigenvalue weighted by atomic mass is 10.1. The maximum Gasteiger partial charge on any atom is 0.127 e. The molecule has 2 nitrogen and oxygen atoms in total. The molecule has 0 saturated heterocycles. The van der Waals surface area contributed by atoms with Gasteiger partial charge in [0.25, 0.3) is 0 Å². The van der Waals surface area contributed by atoms with E-state index in [2.05, 4.69) is 40.3 Å². The molecule has 18 heavy (non-hydrogen) atoms. The molecule has 1 aromatic carbocycles. The summed E-state index contributed by atoms with van der Waals surface area (Å²) in [6, 6.07) is 4.28. The van der Waals surface area contributed by atoms with Crippen LogP contribution < -0.4 is 10.1 Å². The molecule has 0 radical (unpaired) electrons. The number of hydrogen-bond donors (Lipinski definition) is 1. The molecule has 2 rings (SSSR count). The minimum atomic E-state index is 0.280. The van der Waals surface area contributed by atoms with Gasteiger partial charge in [0, 0.05) is 28.4 Å². The Morgan fingerprint density at radius 1 is 1.50 bits per heavy atom. The molecule has 0 fully saturated rings. The summed E-state index contributed by atoms with van der Waals surface area (Å²) >= 11 is 9.65. The van der Waals surface area contributed by atoms with E-state index in [0.717, 1.165) is 49.2 Å². The zero-order chi connectivity index (χ0) is 13.0. The number of rotatable bonds is 6. The largest absolute Gasteiger partial charge is 0.493 e. The van der Waals surface area contributed by atoms with Crippen LogP contribution in [-0.2, 0) is 13.0 Å². The van der Waals surface area contributed by atoms with Crippen LogP contribution in [0.2, 0.25) is 0 Å². The summed E-state index contributed by atoms with van der Waals surface area (Å²) in [5.74, 6) is 1.07. The Hall–Kier alpha value is -0.250. The fraction of sp³-hybridized carbons (Fsp3) is 0.571. The van der Waals surface area contributed by atoms with Gasteiger partial charge in [-0.3, -0.25) is 0 Å². The van der Waals surface area contributed by atoms with Crippen LogP contribution in [0, 0.1) is 0 Å². The summed E-state index contributed by atoms with van der Waals surface area (Å²) in [5, 5.41) is 3.72. The first-order chi connectivity index (χ1) is 8.70. The van der Waals surface area contributed by atoms with Crippen LogP contribution in [0.1, 0.15) is 30.9 Å². The number of benzene rings is 1. The van der Waals surface area contributed by atoms with Crippen molar-refractivity contribution in [3.63, 3.8) is 0 Å². The number of hydrogen-bond acceptors (Lipinski definition) is 2. The van der Waals surface area contributed by atoms with Crippen molar-refractivity contribution >= 4 is 27.5 Å². The summed E-state index contributed by atoms with van der Waals surface area (Å²) < 4.78 is 6.83. The van der Waals surface area contributed by atoms with Gasteiger partial charge in [-0.05, 0) is 37.1 Å². The van der Waals surface area contributed by atoms with E-state index in [1.165, 1.54) is 11.1 Å². The van der Waals surface area contributed by atoms with Gasteiger partial charge in [0.05, 0.1) is 6.61 Å². The molecule has 0 amide bonds. The van der Waals surface area contributed by atoms with E-state index in [1.54, 1.807) is 0 Å². The number of ether oxygens (including phenoxy) is 1. The van der Waals surface area contributed by atoms with Crippen LogP contribution in [-0.4, -0.2) is 18.5 Å². The molecule has 1 heterocycles. The van der Waals surface area contributed by atoms with Gasteiger partial charge in [0.1, 0.15) is 5.75 Å². The molecule has 0 bridgehead atoms. The van der Waals surface area contributed by atoms with Gasteiger partial charge in [0.2, 0.25) is 0 Å². The second-order valence-corrected chi connectivity index (χ2v) is 6.16. The average molecular weight is 333 g/mol. The van der Waals surface area contributed by atoms with E-state index in [-0.39, 0.29) is 5.38 Å². The van der Waals surface area contributed by atoms with Crippen molar-refractivity contribution in [3.05, 3.63) is 27.7 Å². The predicted octanol–water partition coefficient (Wildman–Crippen LogP) is 3.88. The quantitative estimate of drug-likeness (QED) is 0.630. The van der Waals surface area contributed by atoms with Gasteiger partial charge in [-0.25, -0.2) is 0 Å². The zero-order valence-electron chi connectivity index (χ0n) is 10.6. The highest BCUT2D eigenvalue weighted by Gasteiger charge is 2.17. The summed E-state index contributed by atoms with van der Waals surface area (Å²) in [4.78, 5) is 0. The van der Waals surface area contributed by atoms with E-state index in [1.807, 2.05) is 0 Å². The number of alkyl halides is 1. The number of fused-ring (bicyclic) bond motifs is 1. The van der Waals surface area contributed by atoms with E-state index in [0.29, 0.717) is 0 Å². The van der Waals surface area contributed by atoms with Crippen molar-refractivity contribution in [1.29, 1.82) is 0 Å². The third-order valence-electron chi connectivity index (χ3n) is 3.22. The number of halogens is 2. The van der Waals surface area contributed by atoms with Crippen LogP contribution in [0.15, 0.2) is 16.6 Å². The van der Waals surface area contributed by atoms with Gasteiger partial charge < -0.3 is 10.1 Å². The van der Waals surface area contributed by atoms with Gasteiger partial charge in [-0.15, -0.1) is 11.6 Å². The molecule has 100 valence electrons. The fourth-order valence-corrected chi connectivity index (χ4v) is 2.82. The van der Waals surface area contributed by atoms with Crippen molar-refractivity contribution in [3.8, 4) is 5.75 Å². The Morgan fingerprint density at radius 3 is 3.11 bits per heavy atom. The Morgan fingerprint density at radius 2 is 2.33 bits per heavy atom. The van der Waals surface area contributed by atoms with Crippen molar-refractivity contribution in [1.82, 2.24) is 5.32 Å². The Balaban J connectivity index is 1.90. The molecule has 0 aromatic heterocycles. The first-order valence-electron chi connectivity index (χ1n) is 6.49. The van der Waals surface area contributed by atoms with Gasteiger partial charge in [-0.2, -0.15) is 0 Å².